The molecule has 0 bridgehead atoms. The van der Waals surface area contributed by atoms with Crippen molar-refractivity contribution in [1.82, 2.24) is 0 Å². The Bertz CT molecular complexity index is 1420. The maximum atomic E-state index is 14.3. The van der Waals surface area contributed by atoms with Gasteiger partial charge in [0.05, 0.1) is 37.3 Å². The molecule has 1 aliphatic heterocycles. The first kappa shape index (κ1) is 31.5. The number of halogens is 10. The van der Waals surface area contributed by atoms with Gasteiger partial charge in [-0.05, 0) is 30.3 Å². The molecule has 6 nitrogen and oxygen atoms in total. The summed E-state index contributed by atoms with van der Waals surface area (Å²) in [4.78, 5) is 18.0. The Morgan fingerprint density at radius 3 is 2.05 bits per heavy atom. The van der Waals surface area contributed by atoms with Crippen molar-refractivity contribution in [2.75, 3.05) is 23.5 Å². The summed E-state index contributed by atoms with van der Waals surface area (Å²) in [6.45, 7) is 1.46. The number of anilines is 1. The average molecular weight is 624 g/mol. The van der Waals surface area contributed by atoms with E-state index in [-0.39, 0.29) is 40.2 Å². The number of hydrogen-bond acceptors (Lipinski definition) is 5. The molecule has 2 atom stereocenters. The number of benzene rings is 2. The monoisotopic (exact) mass is 623 g/mol. The first-order valence-electron chi connectivity index (χ1n) is 11.0. The second kappa shape index (κ2) is 10.4. The molecule has 1 aliphatic rings. The van der Waals surface area contributed by atoms with Crippen LogP contribution in [0.15, 0.2) is 41.6 Å². The van der Waals surface area contributed by atoms with Crippen LogP contribution in [-0.2, 0) is 37.3 Å². The number of hydrogen-bond donors (Lipinski definition) is 1. The van der Waals surface area contributed by atoms with E-state index in [9.17, 15) is 48.5 Å². The first-order chi connectivity index (χ1) is 18.1. The minimum Gasteiger partial charge on any atom is -0.374 e. The van der Waals surface area contributed by atoms with Gasteiger partial charge < -0.3 is 9.74 Å². The molecule has 1 heterocycles. The minimum absolute atomic E-state index is 0.0241. The molecule has 0 fully saturated rings. The average Bonchev–Trinajstić information content (AvgIpc) is 3.29. The van der Waals surface area contributed by atoms with Gasteiger partial charge in [-0.2, -0.15) is 39.5 Å². The molecule has 0 saturated heterocycles. The summed E-state index contributed by atoms with van der Waals surface area (Å²) >= 11 is 6.19. The number of amides is 1. The summed E-state index contributed by atoms with van der Waals surface area (Å²) in [5, 5.41) is 3.13. The van der Waals surface area contributed by atoms with Crippen LogP contribution in [0.5, 0.6) is 0 Å². The van der Waals surface area contributed by atoms with Gasteiger partial charge in [0.2, 0.25) is 5.91 Å². The van der Waals surface area contributed by atoms with E-state index in [1.54, 1.807) is 0 Å². The smallest absolute Gasteiger partial charge is 0.374 e. The number of rotatable bonds is 6. The Labute approximate surface area is 226 Å². The zero-order valence-corrected chi connectivity index (χ0v) is 22.0. The number of oxime groups is 1. The Balaban J connectivity index is 2.02. The molecular weight excluding hydrogens is 605 g/mol. The summed E-state index contributed by atoms with van der Waals surface area (Å²) in [5.74, 6) is -1.45. The molecule has 17 heteroatoms. The quantitative estimate of drug-likeness (QED) is 0.352. The maximum absolute atomic E-state index is 14.3. The number of alkyl halides is 9. The summed E-state index contributed by atoms with van der Waals surface area (Å²) in [6.07, 6.45) is -17.6. The van der Waals surface area contributed by atoms with Crippen LogP contribution >= 0.6 is 11.6 Å². The van der Waals surface area contributed by atoms with E-state index in [2.05, 4.69) is 9.99 Å². The molecule has 2 aromatic rings. The second-order valence-electron chi connectivity index (χ2n) is 8.79. The molecule has 220 valence electrons. The van der Waals surface area contributed by atoms with Crippen LogP contribution in [0.3, 0.4) is 0 Å². The summed E-state index contributed by atoms with van der Waals surface area (Å²) < 4.78 is 142. The van der Waals surface area contributed by atoms with E-state index in [4.69, 9.17) is 16.4 Å². The van der Waals surface area contributed by atoms with E-state index in [0.717, 1.165) is 17.0 Å². The summed E-state index contributed by atoms with van der Waals surface area (Å²) in [7, 11) is -1.95. The van der Waals surface area contributed by atoms with Gasteiger partial charge in [-0.1, -0.05) is 29.7 Å². The second-order valence-corrected chi connectivity index (χ2v) is 11.7. The fourth-order valence-corrected chi connectivity index (χ4v) is 4.84. The number of nitrogens with zero attached hydrogens (tertiary/aromatic N) is 2. The van der Waals surface area contributed by atoms with Crippen molar-refractivity contribution in [3.63, 3.8) is 0 Å². The third kappa shape index (κ3) is 6.32. The Kier molecular flexibility index (Phi) is 8.22. The van der Waals surface area contributed by atoms with Crippen LogP contribution in [0, 0.1) is 4.78 Å². The molecule has 40 heavy (non-hydrogen) atoms. The van der Waals surface area contributed by atoms with E-state index >= 15 is 0 Å². The Morgan fingerprint density at radius 1 is 1.05 bits per heavy atom. The van der Waals surface area contributed by atoms with Crippen LogP contribution in [-0.4, -0.2) is 40.6 Å². The van der Waals surface area contributed by atoms with E-state index in [1.165, 1.54) is 20.0 Å². The molecule has 0 aromatic heterocycles. The zero-order valence-electron chi connectivity index (χ0n) is 20.4. The van der Waals surface area contributed by atoms with Gasteiger partial charge in [-0.3, -0.25) is 9.57 Å². The van der Waals surface area contributed by atoms with Crippen molar-refractivity contribution >= 4 is 38.6 Å². The SMILES string of the molecule is CCS(=N)(=O)CC(=O)N(C)c1ccc(C2=NOC(c3cc(C(F)(F)F)cc(C(F)(F)F)c3)(C(F)(F)F)C2)cc1Cl. The maximum Gasteiger partial charge on any atom is 0.435 e. The molecule has 0 aliphatic carbocycles. The lowest BCUT2D eigenvalue weighted by atomic mass is 9.84. The standard InChI is InChI=1S/C23H19ClF9N3O3S/c1-3-40(34,38)11-19(37)36(2)18-5-4-12(6-16(18)24)17-10-20(39-35-17,23(31,32)33)13-7-14(21(25,26)27)9-15(8-13)22(28,29)30/h4-9,34H,3,10-11H2,1-2H3. The topological polar surface area (TPSA) is 82.8 Å². The van der Waals surface area contributed by atoms with Crippen LogP contribution < -0.4 is 4.90 Å². The predicted molar refractivity (Wildman–Crippen MR) is 128 cm³/mol. The zero-order chi connectivity index (χ0) is 30.5. The largest absolute Gasteiger partial charge is 0.435 e. The van der Waals surface area contributed by atoms with Gasteiger partial charge in [0, 0.05) is 30.3 Å². The molecule has 2 unspecified atom stereocenters. The number of carbonyl (C=O) groups is 1. The first-order valence-corrected chi connectivity index (χ1v) is 13.3. The highest BCUT2D eigenvalue weighted by molar-refractivity contribution is 7.93. The summed E-state index contributed by atoms with van der Waals surface area (Å²) in [6, 6.07) is 2.97. The summed E-state index contributed by atoms with van der Waals surface area (Å²) in [5.41, 5.74) is -9.65. The van der Waals surface area contributed by atoms with Crippen LogP contribution in [0.4, 0.5) is 45.2 Å². The molecule has 1 amide bonds. The molecular formula is C23H19ClF9N3O3S. The normalized spacial score (nSPS) is 19.6. The Morgan fingerprint density at radius 2 is 1.60 bits per heavy atom. The minimum atomic E-state index is -5.51. The molecule has 0 saturated carbocycles. The Hall–Kier alpha value is -3.01. The predicted octanol–water partition coefficient (Wildman–Crippen LogP) is 6.99. The lowest BCUT2D eigenvalue weighted by molar-refractivity contribution is -0.276. The van der Waals surface area contributed by atoms with Gasteiger partial charge in [-0.15, -0.1) is 0 Å². The van der Waals surface area contributed by atoms with E-state index < -0.39 is 74.3 Å². The van der Waals surface area contributed by atoms with Crippen LogP contribution in [0.25, 0.3) is 0 Å². The van der Waals surface area contributed by atoms with Crippen molar-refractivity contribution in [1.29, 1.82) is 4.78 Å². The fraction of sp³-hybridized carbons (Fsp3) is 0.391. The number of carbonyl (C=O) groups excluding carboxylic acids is 1. The van der Waals surface area contributed by atoms with Crippen molar-refractivity contribution in [3.8, 4) is 0 Å². The third-order valence-electron chi connectivity index (χ3n) is 6.08. The van der Waals surface area contributed by atoms with Gasteiger partial charge in [0.1, 0.15) is 5.75 Å². The molecule has 0 radical (unpaired) electrons. The van der Waals surface area contributed by atoms with E-state index in [0.29, 0.717) is 0 Å². The van der Waals surface area contributed by atoms with Gasteiger partial charge >= 0.3 is 18.5 Å². The van der Waals surface area contributed by atoms with Crippen molar-refractivity contribution < 1.29 is 53.4 Å². The number of nitrogens with one attached hydrogen (secondary N) is 1. The molecule has 3 rings (SSSR count). The van der Waals surface area contributed by atoms with Crippen molar-refractivity contribution in [3.05, 3.63) is 63.7 Å². The lowest BCUT2D eigenvalue weighted by Gasteiger charge is -2.30. The third-order valence-corrected chi connectivity index (χ3v) is 8.03. The highest BCUT2D eigenvalue weighted by Crippen LogP contribution is 2.51. The molecule has 2 aromatic carbocycles. The molecule has 0 spiro atoms. The van der Waals surface area contributed by atoms with Crippen LogP contribution in [0.1, 0.15) is 35.6 Å². The van der Waals surface area contributed by atoms with E-state index in [1.807, 2.05) is 0 Å². The fourth-order valence-electron chi connectivity index (χ4n) is 3.74. The van der Waals surface area contributed by atoms with Gasteiger partial charge in [0.25, 0.3) is 5.60 Å². The van der Waals surface area contributed by atoms with Crippen molar-refractivity contribution in [2.24, 2.45) is 5.16 Å². The molecule has 1 N–H and O–H groups in total. The van der Waals surface area contributed by atoms with Gasteiger partial charge in [0.15, 0.2) is 0 Å². The lowest BCUT2D eigenvalue weighted by Crippen LogP contribution is -2.43. The highest BCUT2D eigenvalue weighted by atomic mass is 35.5. The van der Waals surface area contributed by atoms with Crippen molar-refractivity contribution in [2.45, 2.75) is 37.5 Å². The van der Waals surface area contributed by atoms with Gasteiger partial charge in [-0.25, -0.2) is 4.21 Å². The highest BCUT2D eigenvalue weighted by Gasteiger charge is 2.63. The van der Waals surface area contributed by atoms with Crippen LogP contribution in [0.2, 0.25) is 5.02 Å².